The van der Waals surface area contributed by atoms with Crippen molar-refractivity contribution in [3.8, 4) is 22.8 Å². The second-order valence-corrected chi connectivity index (χ2v) is 7.60. The normalized spacial score (nSPS) is 12.1. The second-order valence-electron chi connectivity index (χ2n) is 5.79. The molecule has 1 amide bonds. The van der Waals surface area contributed by atoms with E-state index in [1.54, 1.807) is 18.2 Å². The number of carbonyl (C=O) groups excluding carboxylic acids is 1. The van der Waals surface area contributed by atoms with Crippen LogP contribution in [0.1, 0.15) is 0 Å². The standard InChI is InChI=1S/C19H13Cl2N3O3S/c20-13-3-2-12(8-14(13)21)22-18(25)9-28-19-6-4-15(23-24-19)11-1-5-16-17(7-11)27-10-26-16/h1-8H,9-10H2,(H,22,25). The van der Waals surface area contributed by atoms with Gasteiger partial charge >= 0.3 is 0 Å². The van der Waals surface area contributed by atoms with Gasteiger partial charge in [-0.3, -0.25) is 4.79 Å². The fourth-order valence-electron chi connectivity index (χ4n) is 2.52. The van der Waals surface area contributed by atoms with Crippen molar-refractivity contribution in [3.05, 3.63) is 58.6 Å². The highest BCUT2D eigenvalue weighted by Gasteiger charge is 2.14. The molecule has 0 spiro atoms. The third-order valence-corrected chi connectivity index (χ3v) is 5.52. The first kappa shape index (κ1) is 18.9. The molecule has 0 bridgehead atoms. The largest absolute Gasteiger partial charge is 0.454 e. The Labute approximate surface area is 175 Å². The van der Waals surface area contributed by atoms with Crippen LogP contribution in [0.2, 0.25) is 10.0 Å². The summed E-state index contributed by atoms with van der Waals surface area (Å²) in [5.74, 6) is 1.43. The lowest BCUT2D eigenvalue weighted by Gasteiger charge is -2.06. The summed E-state index contributed by atoms with van der Waals surface area (Å²) >= 11 is 13.1. The molecule has 0 saturated heterocycles. The van der Waals surface area contributed by atoms with E-state index in [0.717, 1.165) is 11.3 Å². The molecule has 2 aromatic carbocycles. The first-order valence-electron chi connectivity index (χ1n) is 8.20. The summed E-state index contributed by atoms with van der Waals surface area (Å²) in [6, 6.07) is 14.2. The molecule has 1 aromatic heterocycles. The van der Waals surface area contributed by atoms with Crippen molar-refractivity contribution in [1.29, 1.82) is 0 Å². The van der Waals surface area contributed by atoms with Gasteiger partial charge in [-0.25, -0.2) is 0 Å². The molecular weight excluding hydrogens is 421 g/mol. The molecule has 0 aliphatic carbocycles. The number of hydrogen-bond acceptors (Lipinski definition) is 6. The lowest BCUT2D eigenvalue weighted by molar-refractivity contribution is -0.113. The Morgan fingerprint density at radius 3 is 2.64 bits per heavy atom. The number of hydrogen-bond donors (Lipinski definition) is 1. The number of nitrogens with zero attached hydrogens (tertiary/aromatic N) is 2. The van der Waals surface area contributed by atoms with Gasteiger partial charge < -0.3 is 14.8 Å². The van der Waals surface area contributed by atoms with Crippen molar-refractivity contribution < 1.29 is 14.3 Å². The monoisotopic (exact) mass is 433 g/mol. The van der Waals surface area contributed by atoms with Crippen LogP contribution in [0.4, 0.5) is 5.69 Å². The second kappa shape index (κ2) is 8.26. The molecule has 9 heteroatoms. The fraction of sp³-hybridized carbons (Fsp3) is 0.105. The first-order valence-corrected chi connectivity index (χ1v) is 9.94. The van der Waals surface area contributed by atoms with Crippen molar-refractivity contribution in [1.82, 2.24) is 10.2 Å². The molecule has 4 rings (SSSR count). The summed E-state index contributed by atoms with van der Waals surface area (Å²) in [4.78, 5) is 12.1. The highest BCUT2D eigenvalue weighted by atomic mass is 35.5. The molecular formula is C19H13Cl2N3O3S. The van der Waals surface area contributed by atoms with Gasteiger partial charge in [0.2, 0.25) is 12.7 Å². The Morgan fingerprint density at radius 2 is 1.86 bits per heavy atom. The van der Waals surface area contributed by atoms with Crippen LogP contribution in [0.3, 0.4) is 0 Å². The van der Waals surface area contributed by atoms with Crippen LogP contribution in [-0.4, -0.2) is 28.7 Å². The van der Waals surface area contributed by atoms with Crippen LogP contribution in [0.25, 0.3) is 11.3 Å². The average molecular weight is 434 g/mol. The van der Waals surface area contributed by atoms with Crippen molar-refractivity contribution in [2.45, 2.75) is 5.03 Å². The van der Waals surface area contributed by atoms with Crippen molar-refractivity contribution in [2.24, 2.45) is 0 Å². The minimum absolute atomic E-state index is 0.176. The quantitative estimate of drug-likeness (QED) is 0.576. The molecule has 3 aromatic rings. The summed E-state index contributed by atoms with van der Waals surface area (Å²) in [6.45, 7) is 0.227. The highest BCUT2D eigenvalue weighted by molar-refractivity contribution is 7.99. The zero-order valence-corrected chi connectivity index (χ0v) is 16.6. The van der Waals surface area contributed by atoms with E-state index in [2.05, 4.69) is 15.5 Å². The molecule has 1 aliphatic rings. The number of amides is 1. The van der Waals surface area contributed by atoms with E-state index in [4.69, 9.17) is 32.7 Å². The number of benzene rings is 2. The third-order valence-electron chi connectivity index (χ3n) is 3.86. The Hall–Kier alpha value is -2.48. The number of anilines is 1. The maximum absolute atomic E-state index is 12.1. The van der Waals surface area contributed by atoms with Crippen LogP contribution in [0.15, 0.2) is 53.6 Å². The number of carbonyl (C=O) groups is 1. The predicted molar refractivity (Wildman–Crippen MR) is 109 cm³/mol. The van der Waals surface area contributed by atoms with Crippen molar-refractivity contribution in [2.75, 3.05) is 17.9 Å². The van der Waals surface area contributed by atoms with E-state index in [0.29, 0.717) is 32.2 Å². The Kier molecular flexibility index (Phi) is 5.57. The van der Waals surface area contributed by atoms with E-state index >= 15 is 0 Å². The summed E-state index contributed by atoms with van der Waals surface area (Å²) in [5, 5.41) is 12.6. The van der Waals surface area contributed by atoms with Crippen LogP contribution < -0.4 is 14.8 Å². The van der Waals surface area contributed by atoms with Crippen LogP contribution in [0, 0.1) is 0 Å². The molecule has 142 valence electrons. The lowest BCUT2D eigenvalue weighted by Crippen LogP contribution is -2.14. The maximum Gasteiger partial charge on any atom is 0.234 e. The molecule has 0 unspecified atom stereocenters. The van der Waals surface area contributed by atoms with Gasteiger partial charge in [0.15, 0.2) is 11.5 Å². The van der Waals surface area contributed by atoms with Crippen molar-refractivity contribution >= 4 is 46.6 Å². The van der Waals surface area contributed by atoms with Crippen LogP contribution >= 0.6 is 35.0 Å². The van der Waals surface area contributed by atoms with Gasteiger partial charge in [-0.05, 0) is 48.5 Å². The lowest BCUT2D eigenvalue weighted by atomic mass is 10.1. The zero-order valence-electron chi connectivity index (χ0n) is 14.3. The molecule has 0 atom stereocenters. The summed E-state index contributed by atoms with van der Waals surface area (Å²) in [7, 11) is 0. The van der Waals surface area contributed by atoms with Crippen LogP contribution in [-0.2, 0) is 4.79 Å². The van der Waals surface area contributed by atoms with Gasteiger partial charge in [0.05, 0.1) is 21.5 Å². The molecule has 0 saturated carbocycles. The number of thioether (sulfide) groups is 1. The SMILES string of the molecule is O=C(CSc1ccc(-c2ccc3c(c2)OCO3)nn1)Nc1ccc(Cl)c(Cl)c1. The predicted octanol–water partition coefficient (Wildman–Crippen LogP) is 4.91. The smallest absolute Gasteiger partial charge is 0.234 e. The number of rotatable bonds is 5. The average Bonchev–Trinajstić information content (AvgIpc) is 3.17. The summed E-state index contributed by atoms with van der Waals surface area (Å²) in [5.41, 5.74) is 2.18. The Morgan fingerprint density at radius 1 is 1.00 bits per heavy atom. The van der Waals surface area contributed by atoms with Gasteiger partial charge in [-0.1, -0.05) is 35.0 Å². The molecule has 1 N–H and O–H groups in total. The highest BCUT2D eigenvalue weighted by Crippen LogP contribution is 2.35. The van der Waals surface area contributed by atoms with Gasteiger partial charge in [-0.2, -0.15) is 0 Å². The Bertz CT molecular complexity index is 1030. The molecule has 28 heavy (non-hydrogen) atoms. The molecule has 6 nitrogen and oxygen atoms in total. The Balaban J connectivity index is 1.35. The first-order chi connectivity index (χ1) is 13.6. The van der Waals surface area contributed by atoms with E-state index in [1.165, 1.54) is 11.8 Å². The number of fused-ring (bicyclic) bond motifs is 1. The van der Waals surface area contributed by atoms with Gasteiger partial charge in [-0.15, -0.1) is 10.2 Å². The number of aromatic nitrogens is 2. The van der Waals surface area contributed by atoms with E-state index < -0.39 is 0 Å². The number of nitrogens with one attached hydrogen (secondary N) is 1. The number of halogens is 2. The third kappa shape index (κ3) is 4.32. The zero-order chi connectivity index (χ0) is 19.5. The van der Waals surface area contributed by atoms with Gasteiger partial charge in [0, 0.05) is 11.3 Å². The summed E-state index contributed by atoms with van der Waals surface area (Å²) < 4.78 is 10.7. The maximum atomic E-state index is 12.1. The number of ether oxygens (including phenoxy) is 2. The molecule has 1 aliphatic heterocycles. The van der Waals surface area contributed by atoms with E-state index in [1.807, 2.05) is 30.3 Å². The molecule has 2 heterocycles. The molecule has 0 fully saturated rings. The molecule has 0 radical (unpaired) electrons. The van der Waals surface area contributed by atoms with E-state index in [9.17, 15) is 4.79 Å². The van der Waals surface area contributed by atoms with Gasteiger partial charge in [0.25, 0.3) is 0 Å². The minimum Gasteiger partial charge on any atom is -0.454 e. The van der Waals surface area contributed by atoms with Gasteiger partial charge in [0.1, 0.15) is 5.03 Å². The van der Waals surface area contributed by atoms with Crippen molar-refractivity contribution in [3.63, 3.8) is 0 Å². The summed E-state index contributed by atoms with van der Waals surface area (Å²) in [6.07, 6.45) is 0. The topological polar surface area (TPSA) is 73.3 Å². The van der Waals surface area contributed by atoms with E-state index in [-0.39, 0.29) is 18.5 Å². The van der Waals surface area contributed by atoms with Crippen LogP contribution in [0.5, 0.6) is 11.5 Å². The fourth-order valence-corrected chi connectivity index (χ4v) is 3.43. The minimum atomic E-state index is -0.176.